The molecular weight excluding hydrogens is 409 g/mol. The summed E-state index contributed by atoms with van der Waals surface area (Å²) in [5.41, 5.74) is -3.34. The van der Waals surface area contributed by atoms with Crippen LogP contribution in [0.5, 0.6) is 0 Å². The number of hydrogen-bond acceptors (Lipinski definition) is 7. The SMILES string of the molecule is CC(Nc1c([N+](=O)[O-])cc(C(F)(F)F)cc1[N+](=O)[O-])c1cn(-c2ccccc2)nn1. The highest BCUT2D eigenvalue weighted by Gasteiger charge is 2.38. The Morgan fingerprint density at radius 2 is 1.63 bits per heavy atom. The van der Waals surface area contributed by atoms with Gasteiger partial charge in [-0.15, -0.1) is 5.10 Å². The Hall–Kier alpha value is -4.03. The Bertz CT molecular complexity index is 1070. The molecule has 156 valence electrons. The Morgan fingerprint density at radius 1 is 1.07 bits per heavy atom. The molecule has 0 aliphatic rings. The van der Waals surface area contributed by atoms with Gasteiger partial charge >= 0.3 is 6.18 Å². The number of anilines is 1. The molecule has 0 radical (unpaired) electrons. The summed E-state index contributed by atoms with van der Waals surface area (Å²) < 4.78 is 40.5. The minimum atomic E-state index is -4.99. The number of aromatic nitrogens is 3. The fraction of sp³-hybridized carbons (Fsp3) is 0.176. The van der Waals surface area contributed by atoms with Gasteiger partial charge in [0, 0.05) is 12.1 Å². The topological polar surface area (TPSA) is 129 Å². The normalized spacial score (nSPS) is 12.4. The minimum Gasteiger partial charge on any atom is -0.366 e. The van der Waals surface area contributed by atoms with E-state index in [1.807, 2.05) is 0 Å². The van der Waals surface area contributed by atoms with Gasteiger partial charge in [0.15, 0.2) is 5.69 Å². The van der Waals surface area contributed by atoms with E-state index in [-0.39, 0.29) is 17.8 Å². The van der Waals surface area contributed by atoms with Crippen LogP contribution >= 0.6 is 0 Å². The van der Waals surface area contributed by atoms with Gasteiger partial charge in [-0.1, -0.05) is 23.4 Å². The van der Waals surface area contributed by atoms with E-state index in [2.05, 4.69) is 15.6 Å². The first-order valence-electron chi connectivity index (χ1n) is 8.36. The molecule has 0 aliphatic heterocycles. The molecule has 13 heteroatoms. The quantitative estimate of drug-likeness (QED) is 0.464. The van der Waals surface area contributed by atoms with E-state index in [0.29, 0.717) is 5.69 Å². The molecule has 1 aromatic heterocycles. The van der Waals surface area contributed by atoms with Crippen molar-refractivity contribution in [2.45, 2.75) is 19.1 Å². The number of rotatable bonds is 6. The molecular formula is C17H13F3N6O4. The lowest BCUT2D eigenvalue weighted by Gasteiger charge is -2.14. The second kappa shape index (κ2) is 7.77. The zero-order valence-corrected chi connectivity index (χ0v) is 15.2. The number of para-hydroxylation sites is 1. The molecule has 1 unspecified atom stereocenters. The summed E-state index contributed by atoms with van der Waals surface area (Å²) in [7, 11) is 0. The van der Waals surface area contributed by atoms with Crippen molar-refractivity contribution < 1.29 is 23.0 Å². The van der Waals surface area contributed by atoms with Crippen LogP contribution in [0.1, 0.15) is 24.2 Å². The number of nitrogens with one attached hydrogen (secondary N) is 1. The Morgan fingerprint density at radius 3 is 2.13 bits per heavy atom. The van der Waals surface area contributed by atoms with E-state index in [0.717, 1.165) is 0 Å². The first-order valence-corrected chi connectivity index (χ1v) is 8.36. The molecule has 1 atom stereocenters. The average molecular weight is 422 g/mol. The fourth-order valence-electron chi connectivity index (χ4n) is 2.68. The number of nitro benzene ring substituents is 2. The molecule has 0 saturated heterocycles. The van der Waals surface area contributed by atoms with Gasteiger partial charge in [-0.3, -0.25) is 20.2 Å². The third-order valence-corrected chi connectivity index (χ3v) is 4.15. The molecule has 30 heavy (non-hydrogen) atoms. The van der Waals surface area contributed by atoms with Gasteiger partial charge in [0.2, 0.25) is 0 Å². The molecule has 0 amide bonds. The number of hydrogen-bond donors (Lipinski definition) is 1. The number of nitrogens with zero attached hydrogens (tertiary/aromatic N) is 5. The average Bonchev–Trinajstić information content (AvgIpc) is 3.18. The Kier molecular flexibility index (Phi) is 5.36. The van der Waals surface area contributed by atoms with Gasteiger partial charge in [-0.05, 0) is 19.1 Å². The van der Waals surface area contributed by atoms with Crippen molar-refractivity contribution in [2.75, 3.05) is 5.32 Å². The van der Waals surface area contributed by atoms with E-state index in [1.165, 1.54) is 17.8 Å². The van der Waals surface area contributed by atoms with Crippen molar-refractivity contribution in [2.24, 2.45) is 0 Å². The second-order valence-electron chi connectivity index (χ2n) is 6.19. The van der Waals surface area contributed by atoms with Gasteiger partial charge < -0.3 is 5.32 Å². The molecule has 0 aliphatic carbocycles. The van der Waals surface area contributed by atoms with Crippen LogP contribution in [0.25, 0.3) is 5.69 Å². The molecule has 3 rings (SSSR count). The van der Waals surface area contributed by atoms with E-state index >= 15 is 0 Å². The summed E-state index contributed by atoms with van der Waals surface area (Å²) in [6.07, 6.45) is -3.49. The van der Waals surface area contributed by atoms with E-state index in [9.17, 15) is 33.4 Å². The van der Waals surface area contributed by atoms with Gasteiger partial charge in [0.05, 0.1) is 33.3 Å². The van der Waals surface area contributed by atoms with E-state index in [4.69, 9.17) is 0 Å². The molecule has 1 N–H and O–H groups in total. The zero-order chi connectivity index (χ0) is 22.1. The molecule has 3 aromatic rings. The zero-order valence-electron chi connectivity index (χ0n) is 15.2. The third kappa shape index (κ3) is 4.19. The third-order valence-electron chi connectivity index (χ3n) is 4.15. The number of nitro groups is 2. The highest BCUT2D eigenvalue weighted by Crippen LogP contribution is 2.42. The Balaban J connectivity index is 2.00. The molecule has 0 fully saturated rings. The monoisotopic (exact) mass is 422 g/mol. The van der Waals surface area contributed by atoms with Gasteiger partial charge in [-0.25, -0.2) is 4.68 Å². The van der Waals surface area contributed by atoms with Gasteiger partial charge in [0.1, 0.15) is 5.69 Å². The van der Waals surface area contributed by atoms with Crippen LogP contribution in [0.2, 0.25) is 0 Å². The van der Waals surface area contributed by atoms with Crippen molar-refractivity contribution in [1.29, 1.82) is 0 Å². The van der Waals surface area contributed by atoms with Gasteiger partial charge in [0.25, 0.3) is 11.4 Å². The van der Waals surface area contributed by atoms with Crippen LogP contribution < -0.4 is 5.32 Å². The molecule has 0 bridgehead atoms. The predicted molar refractivity (Wildman–Crippen MR) is 98.1 cm³/mol. The van der Waals surface area contributed by atoms with Crippen molar-refractivity contribution >= 4 is 17.1 Å². The first kappa shape index (κ1) is 20.7. The molecule has 10 nitrogen and oxygen atoms in total. The van der Waals surface area contributed by atoms with Crippen LogP contribution in [0.3, 0.4) is 0 Å². The number of benzene rings is 2. The molecule has 0 saturated carbocycles. The summed E-state index contributed by atoms with van der Waals surface area (Å²) in [6, 6.07) is 8.52. The lowest BCUT2D eigenvalue weighted by molar-refractivity contribution is -0.392. The molecule has 2 aromatic carbocycles. The van der Waals surface area contributed by atoms with Crippen LogP contribution in [0, 0.1) is 20.2 Å². The summed E-state index contributed by atoms with van der Waals surface area (Å²) in [6.45, 7) is 1.49. The maximum Gasteiger partial charge on any atom is 0.416 e. The van der Waals surface area contributed by atoms with Crippen LogP contribution in [0.15, 0.2) is 48.7 Å². The summed E-state index contributed by atoms with van der Waals surface area (Å²) in [5.74, 6) is 0. The van der Waals surface area contributed by atoms with Crippen molar-refractivity contribution in [3.63, 3.8) is 0 Å². The van der Waals surface area contributed by atoms with E-state index < -0.39 is 44.7 Å². The lowest BCUT2D eigenvalue weighted by Crippen LogP contribution is -2.13. The number of alkyl halides is 3. The van der Waals surface area contributed by atoms with Crippen LogP contribution in [-0.2, 0) is 6.18 Å². The highest BCUT2D eigenvalue weighted by atomic mass is 19.4. The summed E-state index contributed by atoms with van der Waals surface area (Å²) >= 11 is 0. The summed E-state index contributed by atoms with van der Waals surface area (Å²) in [4.78, 5) is 20.4. The molecule has 0 spiro atoms. The molecule has 1 heterocycles. The van der Waals surface area contributed by atoms with Crippen LogP contribution in [-0.4, -0.2) is 24.8 Å². The predicted octanol–water partition coefficient (Wildman–Crippen LogP) is 4.28. The van der Waals surface area contributed by atoms with Crippen molar-refractivity contribution in [1.82, 2.24) is 15.0 Å². The standard InChI is InChI=1S/C17H13F3N6O4/c1-10(13-9-24(23-22-13)12-5-3-2-4-6-12)21-16-14(25(27)28)7-11(17(18,19)20)8-15(16)26(29)30/h2-10,21H,1H3. The summed E-state index contributed by atoms with van der Waals surface area (Å²) in [5, 5.41) is 33.0. The maximum atomic E-state index is 13.0. The number of halogens is 3. The smallest absolute Gasteiger partial charge is 0.366 e. The fourth-order valence-corrected chi connectivity index (χ4v) is 2.68. The van der Waals surface area contributed by atoms with Gasteiger partial charge in [-0.2, -0.15) is 13.2 Å². The van der Waals surface area contributed by atoms with Crippen LogP contribution in [0.4, 0.5) is 30.2 Å². The first-order chi connectivity index (χ1) is 14.1. The van der Waals surface area contributed by atoms with E-state index in [1.54, 1.807) is 30.3 Å². The second-order valence-corrected chi connectivity index (χ2v) is 6.19. The maximum absolute atomic E-state index is 13.0. The van der Waals surface area contributed by atoms with Crippen molar-refractivity contribution in [3.05, 3.63) is 80.1 Å². The minimum absolute atomic E-state index is 0.253. The van der Waals surface area contributed by atoms with Crippen molar-refractivity contribution in [3.8, 4) is 5.69 Å². The lowest BCUT2D eigenvalue weighted by atomic mass is 10.1. The Labute approximate surface area is 166 Å². The largest absolute Gasteiger partial charge is 0.416 e. The highest BCUT2D eigenvalue weighted by molar-refractivity contribution is 5.75.